The van der Waals surface area contributed by atoms with Crippen molar-refractivity contribution in [2.45, 2.75) is 26.4 Å². The van der Waals surface area contributed by atoms with E-state index in [1.807, 2.05) is 0 Å². The Hall–Kier alpha value is -0.650. The summed E-state index contributed by atoms with van der Waals surface area (Å²) >= 11 is 0. The van der Waals surface area contributed by atoms with Gasteiger partial charge in [0.05, 0.1) is 13.7 Å². The summed E-state index contributed by atoms with van der Waals surface area (Å²) in [6.07, 6.45) is 0. The zero-order chi connectivity index (χ0) is 12.6. The Balaban J connectivity index is 3.54. The second-order valence-electron chi connectivity index (χ2n) is 4.41. The predicted molar refractivity (Wildman–Crippen MR) is 61.2 cm³/mol. The molecule has 0 aliphatic carbocycles. The molecule has 0 fully saturated rings. The quantitative estimate of drug-likeness (QED) is 0.462. The van der Waals surface area contributed by atoms with Crippen LogP contribution in [0.15, 0.2) is 0 Å². The lowest BCUT2D eigenvalue weighted by Crippen LogP contribution is -2.46. The van der Waals surface area contributed by atoms with E-state index in [2.05, 4.69) is 23.9 Å². The van der Waals surface area contributed by atoms with Crippen molar-refractivity contribution in [2.75, 3.05) is 33.4 Å². The second kappa shape index (κ2) is 7.60. The SMILES string of the molecule is COC(=O)C(C)(O)CNCCOCC(C)C. The minimum absolute atomic E-state index is 0.157. The van der Waals surface area contributed by atoms with Gasteiger partial charge >= 0.3 is 5.97 Å². The summed E-state index contributed by atoms with van der Waals surface area (Å²) in [6.45, 7) is 7.61. The van der Waals surface area contributed by atoms with E-state index in [-0.39, 0.29) is 6.54 Å². The number of hydrogen-bond donors (Lipinski definition) is 2. The van der Waals surface area contributed by atoms with E-state index >= 15 is 0 Å². The molecule has 0 aromatic carbocycles. The first-order valence-corrected chi connectivity index (χ1v) is 5.49. The molecule has 2 N–H and O–H groups in total. The van der Waals surface area contributed by atoms with Gasteiger partial charge in [-0.2, -0.15) is 0 Å². The molecule has 0 aromatic rings. The molecule has 0 radical (unpaired) electrons. The fourth-order valence-electron chi connectivity index (χ4n) is 1.09. The molecule has 5 heteroatoms. The van der Waals surface area contributed by atoms with Crippen LogP contribution in [0.1, 0.15) is 20.8 Å². The fourth-order valence-corrected chi connectivity index (χ4v) is 1.09. The van der Waals surface area contributed by atoms with Crippen LogP contribution in [0.25, 0.3) is 0 Å². The zero-order valence-corrected chi connectivity index (χ0v) is 10.6. The van der Waals surface area contributed by atoms with Gasteiger partial charge in [0, 0.05) is 19.7 Å². The van der Waals surface area contributed by atoms with E-state index in [1.54, 1.807) is 0 Å². The molecule has 1 atom stereocenters. The number of carbonyl (C=O) groups excluding carboxylic acids is 1. The topological polar surface area (TPSA) is 67.8 Å². The summed E-state index contributed by atoms with van der Waals surface area (Å²) in [5, 5.41) is 12.6. The van der Waals surface area contributed by atoms with Crippen LogP contribution in [0.3, 0.4) is 0 Å². The number of nitrogens with one attached hydrogen (secondary N) is 1. The van der Waals surface area contributed by atoms with Crippen LogP contribution >= 0.6 is 0 Å². The van der Waals surface area contributed by atoms with Crippen LogP contribution < -0.4 is 5.32 Å². The maximum atomic E-state index is 11.1. The molecule has 0 spiro atoms. The van der Waals surface area contributed by atoms with E-state index in [4.69, 9.17) is 4.74 Å². The van der Waals surface area contributed by atoms with Gasteiger partial charge in [-0.25, -0.2) is 4.79 Å². The van der Waals surface area contributed by atoms with Crippen LogP contribution in [0.2, 0.25) is 0 Å². The van der Waals surface area contributed by atoms with Crippen molar-refractivity contribution in [2.24, 2.45) is 5.92 Å². The lowest BCUT2D eigenvalue weighted by atomic mass is 10.1. The zero-order valence-electron chi connectivity index (χ0n) is 10.6. The minimum atomic E-state index is -1.48. The molecule has 0 aliphatic heterocycles. The lowest BCUT2D eigenvalue weighted by molar-refractivity contribution is -0.159. The van der Waals surface area contributed by atoms with E-state index in [0.29, 0.717) is 19.1 Å². The molecule has 1 unspecified atom stereocenters. The number of aliphatic hydroxyl groups is 1. The largest absolute Gasteiger partial charge is 0.467 e. The van der Waals surface area contributed by atoms with E-state index in [0.717, 1.165) is 6.61 Å². The van der Waals surface area contributed by atoms with Crippen LogP contribution in [0, 0.1) is 5.92 Å². The molecule has 5 nitrogen and oxygen atoms in total. The number of methoxy groups -OCH3 is 1. The standard InChI is InChI=1S/C11H23NO4/c1-9(2)7-16-6-5-12-8-11(3,14)10(13)15-4/h9,12,14H,5-8H2,1-4H3. The van der Waals surface area contributed by atoms with Gasteiger partial charge in [-0.05, 0) is 12.8 Å². The fraction of sp³-hybridized carbons (Fsp3) is 0.909. The molecule has 0 amide bonds. The molecule has 0 rings (SSSR count). The summed E-state index contributed by atoms with van der Waals surface area (Å²) in [7, 11) is 1.25. The Kier molecular flexibility index (Phi) is 7.29. The highest BCUT2D eigenvalue weighted by Crippen LogP contribution is 2.03. The first-order chi connectivity index (χ1) is 7.40. The van der Waals surface area contributed by atoms with Crippen molar-refractivity contribution in [1.82, 2.24) is 5.32 Å². The third-order valence-electron chi connectivity index (χ3n) is 1.97. The van der Waals surface area contributed by atoms with Crippen molar-refractivity contribution in [3.8, 4) is 0 Å². The highest BCUT2D eigenvalue weighted by atomic mass is 16.5. The smallest absolute Gasteiger partial charge is 0.338 e. The Morgan fingerprint density at radius 2 is 2.12 bits per heavy atom. The van der Waals surface area contributed by atoms with Crippen LogP contribution in [0.5, 0.6) is 0 Å². The van der Waals surface area contributed by atoms with Gasteiger partial charge in [-0.1, -0.05) is 13.8 Å². The maximum Gasteiger partial charge on any atom is 0.338 e. The molecule has 16 heavy (non-hydrogen) atoms. The van der Waals surface area contributed by atoms with Crippen molar-refractivity contribution >= 4 is 5.97 Å². The third-order valence-corrected chi connectivity index (χ3v) is 1.97. The van der Waals surface area contributed by atoms with Gasteiger partial charge in [0.2, 0.25) is 0 Å². The molecule has 0 bridgehead atoms. The predicted octanol–water partition coefficient (Wildman–Crippen LogP) is 0.173. The summed E-state index contributed by atoms with van der Waals surface area (Å²) in [6, 6.07) is 0. The Bertz CT molecular complexity index is 204. The number of carbonyl (C=O) groups is 1. The number of rotatable bonds is 8. The van der Waals surface area contributed by atoms with Crippen LogP contribution in [-0.2, 0) is 14.3 Å². The van der Waals surface area contributed by atoms with Gasteiger partial charge in [0.15, 0.2) is 5.60 Å². The number of hydrogen-bond acceptors (Lipinski definition) is 5. The Morgan fingerprint density at radius 1 is 1.50 bits per heavy atom. The van der Waals surface area contributed by atoms with Crippen molar-refractivity contribution in [3.05, 3.63) is 0 Å². The van der Waals surface area contributed by atoms with Gasteiger partial charge in [-0.3, -0.25) is 0 Å². The van der Waals surface area contributed by atoms with Crippen molar-refractivity contribution < 1.29 is 19.4 Å². The monoisotopic (exact) mass is 233 g/mol. The molecule has 96 valence electrons. The number of ether oxygens (including phenoxy) is 2. The minimum Gasteiger partial charge on any atom is -0.467 e. The molecular formula is C11H23NO4. The summed E-state index contributed by atoms with van der Waals surface area (Å²) in [4.78, 5) is 11.1. The van der Waals surface area contributed by atoms with E-state index < -0.39 is 11.6 Å². The maximum absolute atomic E-state index is 11.1. The summed E-state index contributed by atoms with van der Waals surface area (Å²) in [5.74, 6) is -0.124. The van der Waals surface area contributed by atoms with E-state index in [9.17, 15) is 9.90 Å². The highest BCUT2D eigenvalue weighted by Gasteiger charge is 2.30. The van der Waals surface area contributed by atoms with Crippen LogP contribution in [-0.4, -0.2) is 50.1 Å². The van der Waals surface area contributed by atoms with E-state index in [1.165, 1.54) is 14.0 Å². The Morgan fingerprint density at radius 3 is 2.62 bits per heavy atom. The average molecular weight is 233 g/mol. The molecule has 0 heterocycles. The average Bonchev–Trinajstić information content (AvgIpc) is 2.21. The molecule has 0 aromatic heterocycles. The summed E-state index contributed by atoms with van der Waals surface area (Å²) < 4.78 is 9.80. The summed E-state index contributed by atoms with van der Waals surface area (Å²) in [5.41, 5.74) is -1.48. The molecule has 0 saturated heterocycles. The second-order valence-corrected chi connectivity index (χ2v) is 4.41. The van der Waals surface area contributed by atoms with Gasteiger partial charge in [0.1, 0.15) is 0 Å². The number of esters is 1. The highest BCUT2D eigenvalue weighted by molar-refractivity contribution is 5.78. The van der Waals surface area contributed by atoms with Crippen LogP contribution in [0.4, 0.5) is 0 Å². The normalized spacial score (nSPS) is 14.9. The lowest BCUT2D eigenvalue weighted by Gasteiger charge is -2.20. The van der Waals surface area contributed by atoms with Gasteiger partial charge < -0.3 is 19.9 Å². The molecular weight excluding hydrogens is 210 g/mol. The van der Waals surface area contributed by atoms with Gasteiger partial charge in [0.25, 0.3) is 0 Å². The molecule has 0 aliphatic rings. The first-order valence-electron chi connectivity index (χ1n) is 5.49. The van der Waals surface area contributed by atoms with Crippen molar-refractivity contribution in [1.29, 1.82) is 0 Å². The first kappa shape index (κ1) is 15.3. The molecule has 0 saturated carbocycles. The van der Waals surface area contributed by atoms with Gasteiger partial charge in [-0.15, -0.1) is 0 Å². The van der Waals surface area contributed by atoms with Crippen molar-refractivity contribution in [3.63, 3.8) is 0 Å². The Labute approximate surface area is 97.1 Å². The third kappa shape index (κ3) is 6.76.